The molecule has 13 heavy (non-hydrogen) atoms. The molecule has 0 radical (unpaired) electrons. The first-order valence-corrected chi connectivity index (χ1v) is 5.08. The van der Waals surface area contributed by atoms with Gasteiger partial charge in [-0.15, -0.1) is 0 Å². The minimum Gasteiger partial charge on any atom is -0.169 e. The number of halogens is 5. The summed E-state index contributed by atoms with van der Waals surface area (Å²) in [6.07, 6.45) is -4.24. The highest BCUT2D eigenvalue weighted by atomic mass is 79.9. The zero-order valence-electron chi connectivity index (χ0n) is 6.28. The molecule has 0 aromatic heterocycles. The fourth-order valence-corrected chi connectivity index (χ4v) is 1.39. The Morgan fingerprint density at radius 2 is 1.54 bits per heavy atom. The zero-order chi connectivity index (χ0) is 10.1. The van der Waals surface area contributed by atoms with Crippen LogP contribution in [0.3, 0.4) is 0 Å². The number of benzene rings is 1. The summed E-state index contributed by atoms with van der Waals surface area (Å²) in [4.78, 5) is -1.59. The zero-order valence-corrected chi connectivity index (χ0v) is 9.45. The summed E-state index contributed by atoms with van der Waals surface area (Å²) < 4.78 is 37.3. The van der Waals surface area contributed by atoms with Gasteiger partial charge in [-0.1, -0.05) is 44.0 Å². The van der Waals surface area contributed by atoms with Crippen LogP contribution in [0.15, 0.2) is 28.7 Å². The largest absolute Gasteiger partial charge is 0.405 e. The molecule has 1 unspecified atom stereocenters. The van der Waals surface area contributed by atoms with Crippen LogP contribution in [0.25, 0.3) is 0 Å². The third-order valence-electron chi connectivity index (χ3n) is 1.45. The van der Waals surface area contributed by atoms with Crippen molar-refractivity contribution < 1.29 is 13.2 Å². The molecule has 0 fully saturated rings. The van der Waals surface area contributed by atoms with Gasteiger partial charge in [-0.05, 0) is 17.7 Å². The van der Waals surface area contributed by atoms with Crippen LogP contribution in [0.4, 0.5) is 13.2 Å². The van der Waals surface area contributed by atoms with Crippen LogP contribution in [0, 0.1) is 0 Å². The summed E-state index contributed by atoms with van der Waals surface area (Å²) in [7, 11) is 0. The van der Waals surface area contributed by atoms with E-state index in [0.717, 1.165) is 4.47 Å². The Labute approximate surface area is 90.4 Å². The highest BCUT2D eigenvalue weighted by Crippen LogP contribution is 2.39. The number of alkyl halides is 4. The summed E-state index contributed by atoms with van der Waals surface area (Å²) in [5.41, 5.74) is 0.204. The van der Waals surface area contributed by atoms with Crippen LogP contribution in [0.1, 0.15) is 10.4 Å². The predicted molar refractivity (Wildman–Crippen MR) is 51.9 cm³/mol. The van der Waals surface area contributed by atoms with E-state index in [9.17, 15) is 13.2 Å². The van der Waals surface area contributed by atoms with Crippen LogP contribution in [0.5, 0.6) is 0 Å². The van der Waals surface area contributed by atoms with Gasteiger partial charge in [-0.3, -0.25) is 0 Å². The second-order valence-electron chi connectivity index (χ2n) is 2.46. The highest BCUT2D eigenvalue weighted by molar-refractivity contribution is 9.10. The fraction of sp³-hybridized carbons (Fsp3) is 0.250. The summed E-state index contributed by atoms with van der Waals surface area (Å²) >= 11 is 5.74. The van der Waals surface area contributed by atoms with E-state index in [0.29, 0.717) is 0 Å². The smallest absolute Gasteiger partial charge is 0.169 e. The standard InChI is InChI=1S/C8H5Br2F3/c9-6-3-1-5(2-4-6)7(10)8(11,12)13/h1-4,7H. The quantitative estimate of drug-likeness (QED) is 0.671. The summed E-state index contributed by atoms with van der Waals surface area (Å²) in [6, 6.07) is 6.01. The molecule has 0 bridgehead atoms. The Hall–Kier alpha value is -0.0300. The molecule has 1 atom stereocenters. The topological polar surface area (TPSA) is 0 Å². The van der Waals surface area contributed by atoms with E-state index in [1.54, 1.807) is 12.1 Å². The molecule has 72 valence electrons. The lowest BCUT2D eigenvalue weighted by atomic mass is 10.1. The van der Waals surface area contributed by atoms with Gasteiger partial charge in [0, 0.05) is 4.47 Å². The number of rotatable bonds is 1. The van der Waals surface area contributed by atoms with Gasteiger partial charge in [0.25, 0.3) is 0 Å². The van der Waals surface area contributed by atoms with Gasteiger partial charge in [0.15, 0.2) is 0 Å². The monoisotopic (exact) mass is 316 g/mol. The van der Waals surface area contributed by atoms with E-state index in [1.807, 2.05) is 0 Å². The van der Waals surface area contributed by atoms with Crippen molar-refractivity contribution in [3.05, 3.63) is 34.3 Å². The van der Waals surface area contributed by atoms with Crippen molar-refractivity contribution in [2.75, 3.05) is 0 Å². The molecule has 0 aliphatic heterocycles. The first-order chi connectivity index (χ1) is 5.91. The summed E-state index contributed by atoms with van der Waals surface area (Å²) in [5, 5.41) is 0. The van der Waals surface area contributed by atoms with Crippen molar-refractivity contribution in [2.45, 2.75) is 11.0 Å². The van der Waals surface area contributed by atoms with Crippen molar-refractivity contribution in [3.63, 3.8) is 0 Å². The molecule has 0 saturated heterocycles. The Kier molecular flexibility index (Phi) is 3.40. The normalized spacial score (nSPS) is 14.2. The van der Waals surface area contributed by atoms with Gasteiger partial charge in [0.2, 0.25) is 0 Å². The lowest BCUT2D eigenvalue weighted by Gasteiger charge is -2.13. The van der Waals surface area contributed by atoms with E-state index in [4.69, 9.17) is 0 Å². The Bertz CT molecular complexity index is 278. The van der Waals surface area contributed by atoms with Gasteiger partial charge in [-0.2, -0.15) is 13.2 Å². The van der Waals surface area contributed by atoms with Crippen molar-refractivity contribution in [1.82, 2.24) is 0 Å². The van der Waals surface area contributed by atoms with Crippen molar-refractivity contribution in [3.8, 4) is 0 Å². The molecule has 0 amide bonds. The molecule has 0 saturated carbocycles. The van der Waals surface area contributed by atoms with Gasteiger partial charge in [0.05, 0.1) is 0 Å². The van der Waals surface area contributed by atoms with Crippen LogP contribution < -0.4 is 0 Å². The second kappa shape index (κ2) is 4.00. The third-order valence-corrected chi connectivity index (χ3v) is 3.03. The average molecular weight is 318 g/mol. The maximum atomic E-state index is 12.2. The van der Waals surface area contributed by atoms with Gasteiger partial charge < -0.3 is 0 Å². The molecule has 1 rings (SSSR count). The minimum atomic E-state index is -4.24. The van der Waals surface area contributed by atoms with Crippen LogP contribution in [-0.4, -0.2) is 6.18 Å². The van der Waals surface area contributed by atoms with Gasteiger partial charge in [-0.25, -0.2) is 0 Å². The van der Waals surface area contributed by atoms with E-state index in [2.05, 4.69) is 31.9 Å². The Balaban J connectivity index is 2.90. The predicted octanol–water partition coefficient (Wildman–Crippen LogP) is 4.45. The first kappa shape index (κ1) is 11.0. The van der Waals surface area contributed by atoms with E-state index in [-0.39, 0.29) is 5.56 Å². The lowest BCUT2D eigenvalue weighted by Crippen LogP contribution is -2.14. The highest BCUT2D eigenvalue weighted by Gasteiger charge is 2.38. The molecule has 0 spiro atoms. The van der Waals surface area contributed by atoms with Gasteiger partial charge >= 0.3 is 6.18 Å². The number of hydrogen-bond acceptors (Lipinski definition) is 0. The molecule has 0 N–H and O–H groups in total. The SMILES string of the molecule is FC(F)(F)C(Br)c1ccc(Br)cc1. The number of hydrogen-bond donors (Lipinski definition) is 0. The molecule has 0 heterocycles. The first-order valence-electron chi connectivity index (χ1n) is 3.37. The van der Waals surface area contributed by atoms with Crippen LogP contribution in [0.2, 0.25) is 0 Å². The van der Waals surface area contributed by atoms with Crippen LogP contribution >= 0.6 is 31.9 Å². The molecular weight excluding hydrogens is 313 g/mol. The molecular formula is C8H5Br2F3. The average Bonchev–Trinajstić information content (AvgIpc) is 2.03. The van der Waals surface area contributed by atoms with Crippen molar-refractivity contribution in [1.29, 1.82) is 0 Å². The maximum absolute atomic E-state index is 12.2. The van der Waals surface area contributed by atoms with E-state index < -0.39 is 11.0 Å². The molecule has 1 aromatic rings. The molecule has 0 nitrogen and oxygen atoms in total. The van der Waals surface area contributed by atoms with E-state index >= 15 is 0 Å². The third kappa shape index (κ3) is 2.98. The second-order valence-corrected chi connectivity index (χ2v) is 4.29. The van der Waals surface area contributed by atoms with Crippen molar-refractivity contribution >= 4 is 31.9 Å². The van der Waals surface area contributed by atoms with E-state index in [1.165, 1.54) is 12.1 Å². The summed E-state index contributed by atoms with van der Waals surface area (Å²) in [6.45, 7) is 0. The van der Waals surface area contributed by atoms with Crippen LogP contribution in [-0.2, 0) is 0 Å². The Morgan fingerprint density at radius 3 is 1.92 bits per heavy atom. The minimum absolute atomic E-state index is 0.204. The fourth-order valence-electron chi connectivity index (χ4n) is 0.821. The molecule has 0 aliphatic carbocycles. The van der Waals surface area contributed by atoms with Crippen molar-refractivity contribution in [2.24, 2.45) is 0 Å². The molecule has 0 aliphatic rings. The Morgan fingerprint density at radius 1 is 1.08 bits per heavy atom. The summed E-state index contributed by atoms with van der Waals surface area (Å²) in [5.74, 6) is 0. The maximum Gasteiger partial charge on any atom is 0.405 e. The molecule has 1 aromatic carbocycles. The lowest BCUT2D eigenvalue weighted by molar-refractivity contribution is -0.128. The molecule has 5 heteroatoms. The van der Waals surface area contributed by atoms with Gasteiger partial charge in [0.1, 0.15) is 4.83 Å².